The fourth-order valence-corrected chi connectivity index (χ4v) is 4.86. The summed E-state index contributed by atoms with van der Waals surface area (Å²) in [4.78, 5) is 25.6. The molecule has 1 aliphatic rings. The highest BCUT2D eigenvalue weighted by Crippen LogP contribution is 2.20. The van der Waals surface area contributed by atoms with E-state index in [0.717, 1.165) is 68.0 Å². The van der Waals surface area contributed by atoms with Crippen LogP contribution in [0.3, 0.4) is 0 Å². The average molecular weight is 482 g/mol. The van der Waals surface area contributed by atoms with E-state index < -0.39 is 0 Å². The van der Waals surface area contributed by atoms with Crippen molar-refractivity contribution in [3.05, 3.63) is 94.3 Å². The van der Waals surface area contributed by atoms with Crippen LogP contribution >= 0.6 is 0 Å². The van der Waals surface area contributed by atoms with Gasteiger partial charge in [0.15, 0.2) is 0 Å². The summed E-state index contributed by atoms with van der Waals surface area (Å²) in [5, 5.41) is 4.24. The lowest BCUT2D eigenvalue weighted by molar-refractivity contribution is 0.102. The van der Waals surface area contributed by atoms with Crippen LogP contribution in [0.15, 0.2) is 60.8 Å². The standard InChI is InChI=1S/C30H35N5O/c1-21-4-11-28(18-26(21)10-7-24-17-27-16-22(2)32-29(27)31-19-24)33-30(36)25-8-5-23(6-9-25)20-35-14-12-34(3)13-15-35/h4-6,8-9,11,16-19H,7,10,12-15,20H2,1-3H3,(H,31,32)(H,33,36). The molecule has 1 saturated heterocycles. The van der Waals surface area contributed by atoms with Crippen molar-refractivity contribution in [2.75, 3.05) is 38.5 Å². The summed E-state index contributed by atoms with van der Waals surface area (Å²) in [6, 6.07) is 18.5. The molecular formula is C30H35N5O. The Morgan fingerprint density at radius 1 is 0.944 bits per heavy atom. The first-order chi connectivity index (χ1) is 17.4. The molecule has 36 heavy (non-hydrogen) atoms. The number of fused-ring (bicyclic) bond motifs is 1. The third-order valence-corrected chi connectivity index (χ3v) is 7.17. The molecule has 6 heteroatoms. The number of aromatic amines is 1. The smallest absolute Gasteiger partial charge is 0.255 e. The van der Waals surface area contributed by atoms with Gasteiger partial charge in [0.25, 0.3) is 5.91 Å². The van der Waals surface area contributed by atoms with Crippen LogP contribution in [0.2, 0.25) is 0 Å². The van der Waals surface area contributed by atoms with Gasteiger partial charge in [0.05, 0.1) is 0 Å². The van der Waals surface area contributed by atoms with Gasteiger partial charge in [-0.05, 0) is 92.4 Å². The largest absolute Gasteiger partial charge is 0.344 e. The highest BCUT2D eigenvalue weighted by atomic mass is 16.1. The minimum absolute atomic E-state index is 0.0755. The van der Waals surface area contributed by atoms with E-state index in [1.54, 1.807) is 0 Å². The van der Waals surface area contributed by atoms with Gasteiger partial charge in [-0.15, -0.1) is 0 Å². The topological polar surface area (TPSA) is 64.3 Å². The molecule has 2 aromatic heterocycles. The fourth-order valence-electron chi connectivity index (χ4n) is 4.86. The summed E-state index contributed by atoms with van der Waals surface area (Å²) >= 11 is 0. The molecule has 0 radical (unpaired) electrons. The van der Waals surface area contributed by atoms with Crippen LogP contribution in [0.5, 0.6) is 0 Å². The number of nitrogens with zero attached hydrogens (tertiary/aromatic N) is 3. The first kappa shape index (κ1) is 24.2. The molecule has 0 saturated carbocycles. The van der Waals surface area contributed by atoms with Crippen molar-refractivity contribution in [2.24, 2.45) is 0 Å². The summed E-state index contributed by atoms with van der Waals surface area (Å²) in [5.41, 5.74) is 8.50. The van der Waals surface area contributed by atoms with Gasteiger partial charge in [0.1, 0.15) is 5.65 Å². The summed E-state index contributed by atoms with van der Waals surface area (Å²) in [7, 11) is 2.17. The van der Waals surface area contributed by atoms with E-state index >= 15 is 0 Å². The lowest BCUT2D eigenvalue weighted by atomic mass is 10.00. The van der Waals surface area contributed by atoms with Crippen LogP contribution in [-0.4, -0.2) is 58.9 Å². The van der Waals surface area contributed by atoms with E-state index in [0.29, 0.717) is 5.56 Å². The van der Waals surface area contributed by atoms with Gasteiger partial charge in [-0.1, -0.05) is 18.2 Å². The Balaban J connectivity index is 1.19. The number of aryl methyl sites for hydroxylation is 4. The molecule has 1 aliphatic heterocycles. The van der Waals surface area contributed by atoms with Gasteiger partial charge in [-0.3, -0.25) is 9.69 Å². The van der Waals surface area contributed by atoms with E-state index in [1.807, 2.05) is 31.3 Å². The van der Waals surface area contributed by atoms with E-state index in [-0.39, 0.29) is 5.91 Å². The van der Waals surface area contributed by atoms with Crippen LogP contribution in [0.1, 0.15) is 38.3 Å². The Morgan fingerprint density at radius 3 is 2.50 bits per heavy atom. The van der Waals surface area contributed by atoms with Gasteiger partial charge < -0.3 is 15.2 Å². The summed E-state index contributed by atoms with van der Waals surface area (Å²) < 4.78 is 0. The SMILES string of the molecule is Cc1cc2cc(CCc3cc(NC(=O)c4ccc(CN5CCN(C)CC5)cc4)ccc3C)cnc2[nH]1. The lowest BCUT2D eigenvalue weighted by Gasteiger charge is -2.32. The van der Waals surface area contributed by atoms with Crippen LogP contribution in [0.25, 0.3) is 11.0 Å². The van der Waals surface area contributed by atoms with Crippen molar-refractivity contribution in [3.63, 3.8) is 0 Å². The number of hydrogen-bond acceptors (Lipinski definition) is 4. The molecule has 0 unspecified atom stereocenters. The zero-order valence-electron chi connectivity index (χ0n) is 21.5. The monoisotopic (exact) mass is 481 g/mol. The average Bonchev–Trinajstić information content (AvgIpc) is 3.25. The number of carbonyl (C=O) groups excluding carboxylic acids is 1. The predicted molar refractivity (Wildman–Crippen MR) is 147 cm³/mol. The normalized spacial score (nSPS) is 14.9. The van der Waals surface area contributed by atoms with E-state index in [4.69, 9.17) is 0 Å². The molecular weight excluding hydrogens is 446 g/mol. The molecule has 0 atom stereocenters. The zero-order chi connectivity index (χ0) is 25.1. The summed E-state index contributed by atoms with van der Waals surface area (Å²) in [6.45, 7) is 9.50. The van der Waals surface area contributed by atoms with Crippen molar-refractivity contribution in [1.82, 2.24) is 19.8 Å². The van der Waals surface area contributed by atoms with Gasteiger partial charge in [0, 0.05) is 61.3 Å². The number of aromatic nitrogens is 2. The van der Waals surface area contributed by atoms with Crippen molar-refractivity contribution >= 4 is 22.6 Å². The Kier molecular flexibility index (Phi) is 7.16. The second-order valence-corrected chi connectivity index (χ2v) is 10.1. The number of rotatable bonds is 7. The summed E-state index contributed by atoms with van der Waals surface area (Å²) in [6.07, 6.45) is 3.75. The van der Waals surface area contributed by atoms with E-state index in [1.165, 1.54) is 22.3 Å². The molecule has 0 aliphatic carbocycles. The molecule has 0 bridgehead atoms. The quantitative estimate of drug-likeness (QED) is 0.391. The first-order valence-corrected chi connectivity index (χ1v) is 12.8. The van der Waals surface area contributed by atoms with E-state index in [2.05, 4.69) is 75.5 Å². The van der Waals surface area contributed by atoms with Crippen molar-refractivity contribution in [1.29, 1.82) is 0 Å². The molecule has 2 aromatic carbocycles. The van der Waals surface area contributed by atoms with Crippen molar-refractivity contribution < 1.29 is 4.79 Å². The van der Waals surface area contributed by atoms with Crippen LogP contribution < -0.4 is 5.32 Å². The van der Waals surface area contributed by atoms with E-state index in [9.17, 15) is 4.79 Å². The Morgan fingerprint density at radius 2 is 1.72 bits per heavy atom. The maximum Gasteiger partial charge on any atom is 0.255 e. The molecule has 3 heterocycles. The number of likely N-dealkylation sites (N-methyl/N-ethyl adjacent to an activating group) is 1. The maximum atomic E-state index is 12.9. The van der Waals surface area contributed by atoms with Crippen LogP contribution in [0.4, 0.5) is 5.69 Å². The van der Waals surface area contributed by atoms with Gasteiger partial charge in [-0.2, -0.15) is 0 Å². The predicted octanol–water partition coefficient (Wildman–Crippen LogP) is 4.96. The number of carbonyl (C=O) groups is 1. The molecule has 186 valence electrons. The van der Waals surface area contributed by atoms with Crippen molar-refractivity contribution in [3.8, 4) is 0 Å². The number of piperazine rings is 1. The molecule has 6 nitrogen and oxygen atoms in total. The third kappa shape index (κ3) is 5.83. The fraction of sp³-hybridized carbons (Fsp3) is 0.333. The molecule has 0 spiro atoms. The Labute approximate surface area is 213 Å². The highest BCUT2D eigenvalue weighted by molar-refractivity contribution is 6.04. The zero-order valence-corrected chi connectivity index (χ0v) is 21.5. The molecule has 2 N–H and O–H groups in total. The number of amides is 1. The summed E-state index contributed by atoms with van der Waals surface area (Å²) in [5.74, 6) is -0.0755. The number of H-pyrrole nitrogens is 1. The second-order valence-electron chi connectivity index (χ2n) is 10.1. The van der Waals surface area contributed by atoms with Gasteiger partial charge >= 0.3 is 0 Å². The number of hydrogen-bond donors (Lipinski definition) is 2. The highest BCUT2D eigenvalue weighted by Gasteiger charge is 2.14. The second kappa shape index (κ2) is 10.6. The van der Waals surface area contributed by atoms with Crippen LogP contribution in [-0.2, 0) is 19.4 Å². The number of pyridine rings is 1. The number of anilines is 1. The minimum atomic E-state index is -0.0755. The van der Waals surface area contributed by atoms with Crippen LogP contribution in [0, 0.1) is 13.8 Å². The molecule has 1 amide bonds. The molecule has 4 aromatic rings. The third-order valence-electron chi connectivity index (χ3n) is 7.17. The maximum absolute atomic E-state index is 12.9. The molecule has 1 fully saturated rings. The lowest BCUT2D eigenvalue weighted by Crippen LogP contribution is -2.43. The minimum Gasteiger partial charge on any atom is -0.344 e. The number of benzene rings is 2. The van der Waals surface area contributed by atoms with Gasteiger partial charge in [-0.25, -0.2) is 4.98 Å². The van der Waals surface area contributed by atoms with Gasteiger partial charge in [0.2, 0.25) is 0 Å². The Bertz CT molecular complexity index is 1350. The number of nitrogens with one attached hydrogen (secondary N) is 2. The Hall–Kier alpha value is -3.48. The molecule has 5 rings (SSSR count). The first-order valence-electron chi connectivity index (χ1n) is 12.8. The van der Waals surface area contributed by atoms with Crippen molar-refractivity contribution in [2.45, 2.75) is 33.2 Å².